The van der Waals surface area contributed by atoms with Crippen LogP contribution in [0.4, 0.5) is 4.79 Å². The Morgan fingerprint density at radius 1 is 1.23 bits per heavy atom. The number of nitrogens with zero attached hydrogens (tertiary/aromatic N) is 2. The number of benzene rings is 1. The van der Waals surface area contributed by atoms with Crippen LogP contribution in [0.25, 0.3) is 0 Å². The summed E-state index contributed by atoms with van der Waals surface area (Å²) >= 11 is 5.89. The van der Waals surface area contributed by atoms with Crippen LogP contribution in [0.5, 0.6) is 0 Å². The molecule has 0 saturated carbocycles. The second-order valence-electron chi connectivity index (χ2n) is 7.01. The number of rotatable bonds is 3. The van der Waals surface area contributed by atoms with Gasteiger partial charge < -0.3 is 15.0 Å². The predicted molar refractivity (Wildman–Crippen MR) is 95.6 cm³/mol. The maximum atomic E-state index is 12.9. The van der Waals surface area contributed by atoms with Crippen molar-refractivity contribution in [3.05, 3.63) is 34.9 Å². The van der Waals surface area contributed by atoms with Gasteiger partial charge in [-0.15, -0.1) is 0 Å². The molecule has 1 aromatic carbocycles. The standard InChI is InChI=1S/C18H22ClN3O4/c1-11-8-21(9-12(2)26-11)15(23)10-22-16(24)18(3,20-17(22)25)13-4-6-14(19)7-5-13/h4-7,11-12H,8-10H2,1-3H3,(H,20,25)/t11-,12-,18-/m1/s1. The molecule has 2 aliphatic heterocycles. The van der Waals surface area contributed by atoms with Gasteiger partial charge in [0.25, 0.3) is 5.91 Å². The fourth-order valence-electron chi connectivity index (χ4n) is 3.44. The van der Waals surface area contributed by atoms with Crippen LogP contribution in [0, 0.1) is 0 Å². The third-order valence-corrected chi connectivity index (χ3v) is 5.01. The van der Waals surface area contributed by atoms with Crippen molar-refractivity contribution >= 4 is 29.4 Å². The maximum Gasteiger partial charge on any atom is 0.325 e. The normalized spacial score (nSPS) is 29.1. The molecule has 4 amide bonds. The van der Waals surface area contributed by atoms with Gasteiger partial charge in [-0.2, -0.15) is 0 Å². The van der Waals surface area contributed by atoms with Crippen molar-refractivity contribution in [2.75, 3.05) is 19.6 Å². The number of halogens is 1. The molecule has 0 aromatic heterocycles. The van der Waals surface area contributed by atoms with E-state index >= 15 is 0 Å². The molecule has 7 nitrogen and oxygen atoms in total. The number of imide groups is 1. The molecule has 2 saturated heterocycles. The van der Waals surface area contributed by atoms with Crippen LogP contribution in [0.3, 0.4) is 0 Å². The van der Waals surface area contributed by atoms with Crippen molar-refractivity contribution in [3.63, 3.8) is 0 Å². The number of carbonyl (C=O) groups is 3. The Hall–Kier alpha value is -2.12. The van der Waals surface area contributed by atoms with Crippen molar-refractivity contribution in [1.29, 1.82) is 0 Å². The van der Waals surface area contributed by atoms with Crippen LogP contribution in [0.2, 0.25) is 5.02 Å². The molecule has 0 spiro atoms. The first kappa shape index (κ1) is 18.7. The smallest absolute Gasteiger partial charge is 0.325 e. The number of ether oxygens (including phenoxy) is 1. The van der Waals surface area contributed by atoms with E-state index in [1.54, 1.807) is 36.1 Å². The van der Waals surface area contributed by atoms with Crippen molar-refractivity contribution in [2.45, 2.75) is 38.5 Å². The Morgan fingerprint density at radius 3 is 2.38 bits per heavy atom. The van der Waals surface area contributed by atoms with E-state index in [0.717, 1.165) is 4.90 Å². The second-order valence-corrected chi connectivity index (χ2v) is 7.45. The lowest BCUT2D eigenvalue weighted by molar-refractivity contribution is -0.146. The Balaban J connectivity index is 1.75. The third kappa shape index (κ3) is 3.41. The van der Waals surface area contributed by atoms with Gasteiger partial charge in [0.2, 0.25) is 5.91 Å². The third-order valence-electron chi connectivity index (χ3n) is 4.76. The summed E-state index contributed by atoms with van der Waals surface area (Å²) in [5.41, 5.74) is -0.600. The molecule has 3 rings (SSSR count). The lowest BCUT2D eigenvalue weighted by Crippen LogP contribution is -2.52. The van der Waals surface area contributed by atoms with Crippen LogP contribution in [-0.2, 0) is 19.9 Å². The summed E-state index contributed by atoms with van der Waals surface area (Å²) in [5.74, 6) is -0.719. The van der Waals surface area contributed by atoms with Crippen molar-refractivity contribution in [1.82, 2.24) is 15.1 Å². The van der Waals surface area contributed by atoms with Crippen molar-refractivity contribution in [3.8, 4) is 0 Å². The Bertz CT molecular complexity index is 728. The summed E-state index contributed by atoms with van der Waals surface area (Å²) in [6.45, 7) is 6.01. The highest BCUT2D eigenvalue weighted by Gasteiger charge is 2.49. The molecular weight excluding hydrogens is 358 g/mol. The summed E-state index contributed by atoms with van der Waals surface area (Å²) in [7, 11) is 0. The number of carbonyl (C=O) groups excluding carboxylic acids is 3. The fourth-order valence-corrected chi connectivity index (χ4v) is 3.56. The molecule has 1 N–H and O–H groups in total. The first-order chi connectivity index (χ1) is 12.2. The predicted octanol–water partition coefficient (Wildman–Crippen LogP) is 1.74. The number of urea groups is 1. The summed E-state index contributed by atoms with van der Waals surface area (Å²) in [4.78, 5) is 40.5. The highest BCUT2D eigenvalue weighted by Crippen LogP contribution is 2.29. The molecular formula is C18H22ClN3O4. The fraction of sp³-hybridized carbons (Fsp3) is 0.500. The van der Waals surface area contributed by atoms with E-state index in [2.05, 4.69) is 5.32 Å². The average Bonchev–Trinajstić information content (AvgIpc) is 2.78. The molecule has 8 heteroatoms. The highest BCUT2D eigenvalue weighted by atomic mass is 35.5. The van der Waals surface area contributed by atoms with Crippen LogP contribution in [0.1, 0.15) is 26.3 Å². The molecule has 2 heterocycles. The number of hydrogen-bond acceptors (Lipinski definition) is 4. The van der Waals surface area contributed by atoms with Crippen molar-refractivity contribution in [2.24, 2.45) is 0 Å². The van der Waals surface area contributed by atoms with Gasteiger partial charge in [-0.25, -0.2) is 4.79 Å². The molecule has 2 fully saturated rings. The van der Waals surface area contributed by atoms with Gasteiger partial charge in [-0.1, -0.05) is 23.7 Å². The van der Waals surface area contributed by atoms with E-state index in [1.807, 2.05) is 13.8 Å². The van der Waals surface area contributed by atoms with E-state index in [9.17, 15) is 14.4 Å². The molecule has 0 aliphatic carbocycles. The number of amides is 4. The Morgan fingerprint density at radius 2 is 1.81 bits per heavy atom. The zero-order valence-corrected chi connectivity index (χ0v) is 15.7. The van der Waals surface area contributed by atoms with Gasteiger partial charge in [0.05, 0.1) is 12.2 Å². The molecule has 26 heavy (non-hydrogen) atoms. The van der Waals surface area contributed by atoms with Crippen molar-refractivity contribution < 1.29 is 19.1 Å². The number of nitrogens with one attached hydrogen (secondary N) is 1. The zero-order chi connectivity index (χ0) is 19.1. The van der Waals surface area contributed by atoms with Gasteiger partial charge in [-0.05, 0) is 38.5 Å². The molecule has 0 bridgehead atoms. The number of morpholine rings is 1. The summed E-state index contributed by atoms with van der Waals surface area (Å²) in [6.07, 6.45) is -0.157. The highest BCUT2D eigenvalue weighted by molar-refractivity contribution is 6.30. The average molecular weight is 380 g/mol. The Kier molecular flexibility index (Phi) is 4.94. The molecule has 2 aliphatic rings. The van der Waals surface area contributed by atoms with E-state index in [4.69, 9.17) is 16.3 Å². The van der Waals surface area contributed by atoms with Gasteiger partial charge in [-0.3, -0.25) is 14.5 Å². The van der Waals surface area contributed by atoms with Crippen LogP contribution in [-0.4, -0.2) is 59.5 Å². The summed E-state index contributed by atoms with van der Waals surface area (Å²) in [5, 5.41) is 3.23. The lowest BCUT2D eigenvalue weighted by Gasteiger charge is -2.35. The SMILES string of the molecule is C[C@@H]1CN(C(=O)CN2C(=O)N[C@](C)(c3ccc(Cl)cc3)C2=O)C[C@@H](C)O1. The largest absolute Gasteiger partial charge is 0.372 e. The first-order valence-corrected chi connectivity index (χ1v) is 8.92. The van der Waals surface area contributed by atoms with Crippen LogP contribution in [0.15, 0.2) is 24.3 Å². The first-order valence-electron chi connectivity index (χ1n) is 8.54. The van der Waals surface area contributed by atoms with E-state index in [-0.39, 0.29) is 24.7 Å². The van der Waals surface area contributed by atoms with Gasteiger partial charge in [0.15, 0.2) is 0 Å². The van der Waals surface area contributed by atoms with E-state index in [0.29, 0.717) is 23.7 Å². The van der Waals surface area contributed by atoms with E-state index < -0.39 is 17.5 Å². The monoisotopic (exact) mass is 379 g/mol. The topological polar surface area (TPSA) is 79.0 Å². The number of hydrogen-bond donors (Lipinski definition) is 1. The second kappa shape index (κ2) is 6.89. The van der Waals surface area contributed by atoms with E-state index in [1.165, 1.54) is 0 Å². The minimum Gasteiger partial charge on any atom is -0.372 e. The molecule has 140 valence electrons. The van der Waals surface area contributed by atoms with Gasteiger partial charge in [0, 0.05) is 18.1 Å². The molecule has 0 radical (unpaired) electrons. The van der Waals surface area contributed by atoms with Gasteiger partial charge >= 0.3 is 6.03 Å². The zero-order valence-electron chi connectivity index (χ0n) is 15.0. The molecule has 1 aromatic rings. The van der Waals surface area contributed by atoms with Crippen LogP contribution < -0.4 is 5.32 Å². The minimum atomic E-state index is -1.21. The molecule has 0 unspecified atom stereocenters. The quantitative estimate of drug-likeness (QED) is 0.811. The Labute approximate surface area is 157 Å². The molecule has 3 atom stereocenters. The van der Waals surface area contributed by atoms with Crippen LogP contribution >= 0.6 is 11.6 Å². The lowest BCUT2D eigenvalue weighted by atomic mass is 9.92. The maximum absolute atomic E-state index is 12.9. The summed E-state index contributed by atoms with van der Waals surface area (Å²) in [6, 6.07) is 6.13. The van der Waals surface area contributed by atoms with Gasteiger partial charge in [0.1, 0.15) is 12.1 Å². The minimum absolute atomic E-state index is 0.0786. The summed E-state index contributed by atoms with van der Waals surface area (Å²) < 4.78 is 5.61.